The highest BCUT2D eigenvalue weighted by atomic mass is 28.1. The van der Waals surface area contributed by atoms with Gasteiger partial charge in [0.2, 0.25) is 0 Å². The minimum atomic E-state index is 1.19. The Morgan fingerprint density at radius 3 is 1.75 bits per heavy atom. The number of hydrogen-bond donors (Lipinski definition) is 0. The lowest BCUT2D eigenvalue weighted by Gasteiger charge is -2.22. The van der Waals surface area contributed by atoms with Crippen molar-refractivity contribution in [2.75, 3.05) is 0 Å². The fourth-order valence-electron chi connectivity index (χ4n) is 1.74. The van der Waals surface area contributed by atoms with Crippen LogP contribution in [0.25, 0.3) is 0 Å². The Balaban J connectivity index is 2.23. The molecule has 1 fully saturated rings. The van der Waals surface area contributed by atoms with Crippen LogP contribution in [0.5, 0.6) is 0 Å². The van der Waals surface area contributed by atoms with E-state index in [1.54, 1.807) is 25.7 Å². The predicted molar refractivity (Wildman–Crippen MR) is 45.8 cm³/mol. The van der Waals surface area contributed by atoms with Gasteiger partial charge in [0.1, 0.15) is 0 Å². The molecule has 2 unspecified atom stereocenters. The predicted octanol–water partition coefficient (Wildman–Crippen LogP) is -0.132. The van der Waals surface area contributed by atoms with Crippen LogP contribution in [0.2, 0.25) is 11.1 Å². The third-order valence-electron chi connectivity index (χ3n) is 2.20. The quantitative estimate of drug-likeness (QED) is 0.416. The van der Waals surface area contributed by atoms with Crippen molar-refractivity contribution < 1.29 is 0 Å². The van der Waals surface area contributed by atoms with Crippen LogP contribution in [-0.4, -0.2) is 20.5 Å². The van der Waals surface area contributed by atoms with E-state index in [4.69, 9.17) is 0 Å². The molecule has 0 heterocycles. The van der Waals surface area contributed by atoms with Gasteiger partial charge in [-0.3, -0.25) is 0 Å². The Morgan fingerprint density at radius 2 is 1.50 bits per heavy atom. The molecule has 1 saturated carbocycles. The number of rotatable bonds is 0. The summed E-state index contributed by atoms with van der Waals surface area (Å²) in [6.07, 6.45) is 6.26. The first-order valence-corrected chi connectivity index (χ1v) is 6.10. The fourth-order valence-corrected chi connectivity index (χ4v) is 5.11. The average Bonchev–Trinajstić information content (AvgIpc) is 1.64. The molecule has 2 atom stereocenters. The SMILES string of the molecule is [SiH3]C1CCCC([SiH3])C1. The molecule has 0 spiro atoms. The average molecular weight is 144 g/mol. The summed E-state index contributed by atoms with van der Waals surface area (Å²) in [6, 6.07) is 0. The molecule has 0 aromatic carbocycles. The van der Waals surface area contributed by atoms with Crippen LogP contribution in [0.4, 0.5) is 0 Å². The summed E-state index contributed by atoms with van der Waals surface area (Å²) in [4.78, 5) is 0. The Bertz CT molecular complexity index is 64.9. The second-order valence-corrected chi connectivity index (χ2v) is 6.64. The Morgan fingerprint density at radius 1 is 1.00 bits per heavy atom. The van der Waals surface area contributed by atoms with Gasteiger partial charge in [0.25, 0.3) is 0 Å². The Kier molecular flexibility index (Phi) is 2.32. The molecule has 1 rings (SSSR count). The third-order valence-corrected chi connectivity index (χ3v) is 4.30. The second kappa shape index (κ2) is 2.83. The molecule has 0 bridgehead atoms. The van der Waals surface area contributed by atoms with Crippen molar-refractivity contribution in [2.45, 2.75) is 36.8 Å². The minimum Gasteiger partial charge on any atom is -0.0546 e. The summed E-state index contributed by atoms with van der Waals surface area (Å²) in [5.41, 5.74) is 2.37. The van der Waals surface area contributed by atoms with Gasteiger partial charge in [-0.15, -0.1) is 0 Å². The summed E-state index contributed by atoms with van der Waals surface area (Å²) < 4.78 is 0. The van der Waals surface area contributed by atoms with E-state index in [0.29, 0.717) is 0 Å². The lowest BCUT2D eigenvalue weighted by Crippen LogP contribution is -2.06. The second-order valence-electron chi connectivity index (χ2n) is 3.38. The van der Waals surface area contributed by atoms with Crippen molar-refractivity contribution in [3.8, 4) is 0 Å². The molecule has 0 radical (unpaired) electrons. The van der Waals surface area contributed by atoms with Gasteiger partial charge >= 0.3 is 0 Å². The summed E-state index contributed by atoms with van der Waals surface area (Å²) >= 11 is 0. The molecule has 1 aliphatic carbocycles. The van der Waals surface area contributed by atoms with Crippen molar-refractivity contribution in [3.63, 3.8) is 0 Å². The lowest BCUT2D eigenvalue weighted by atomic mass is 9.99. The van der Waals surface area contributed by atoms with E-state index in [9.17, 15) is 0 Å². The maximum Gasteiger partial charge on any atom is 0.00672 e. The van der Waals surface area contributed by atoms with Crippen LogP contribution in [0.1, 0.15) is 25.7 Å². The normalized spacial score (nSPS) is 40.5. The summed E-state index contributed by atoms with van der Waals surface area (Å²) in [5.74, 6) is 0. The van der Waals surface area contributed by atoms with E-state index in [1.807, 2.05) is 0 Å². The van der Waals surface area contributed by atoms with Crippen molar-refractivity contribution in [1.82, 2.24) is 0 Å². The lowest BCUT2D eigenvalue weighted by molar-refractivity contribution is 0.504. The highest BCUT2D eigenvalue weighted by Crippen LogP contribution is 2.32. The van der Waals surface area contributed by atoms with E-state index >= 15 is 0 Å². The standard InChI is InChI=1S/C6H16Si2/c7-5-2-1-3-6(8)4-5/h5-6H,1-4H2,7-8H3. The zero-order chi connectivity index (χ0) is 5.98. The van der Waals surface area contributed by atoms with Crippen molar-refractivity contribution >= 4 is 20.5 Å². The zero-order valence-electron chi connectivity index (χ0n) is 5.98. The van der Waals surface area contributed by atoms with Gasteiger partial charge in [0.05, 0.1) is 0 Å². The van der Waals surface area contributed by atoms with Gasteiger partial charge in [0, 0.05) is 20.5 Å². The first-order chi connectivity index (χ1) is 3.79. The molecular formula is C6H16Si2. The van der Waals surface area contributed by atoms with Gasteiger partial charge in [-0.1, -0.05) is 36.8 Å². The van der Waals surface area contributed by atoms with Crippen molar-refractivity contribution in [1.29, 1.82) is 0 Å². The van der Waals surface area contributed by atoms with Gasteiger partial charge in [-0.2, -0.15) is 0 Å². The molecule has 0 aliphatic heterocycles. The maximum atomic E-state index is 1.60. The summed E-state index contributed by atoms with van der Waals surface area (Å²) in [5, 5.41) is 0. The monoisotopic (exact) mass is 144 g/mol. The molecule has 0 aromatic rings. The largest absolute Gasteiger partial charge is 0.0546 e. The topological polar surface area (TPSA) is 0 Å². The van der Waals surface area contributed by atoms with Gasteiger partial charge in [-0.25, -0.2) is 0 Å². The van der Waals surface area contributed by atoms with Crippen molar-refractivity contribution in [2.24, 2.45) is 0 Å². The van der Waals surface area contributed by atoms with Crippen LogP contribution >= 0.6 is 0 Å². The van der Waals surface area contributed by atoms with E-state index in [2.05, 4.69) is 0 Å². The van der Waals surface area contributed by atoms with Gasteiger partial charge in [-0.05, 0) is 0 Å². The highest BCUT2D eigenvalue weighted by Gasteiger charge is 2.13. The third kappa shape index (κ3) is 1.74. The summed E-state index contributed by atoms with van der Waals surface area (Å²) in [7, 11) is 2.92. The molecule has 8 heavy (non-hydrogen) atoms. The maximum absolute atomic E-state index is 1.60. The molecule has 0 saturated heterocycles. The highest BCUT2D eigenvalue weighted by molar-refractivity contribution is 6.14. The van der Waals surface area contributed by atoms with E-state index in [-0.39, 0.29) is 0 Å². The van der Waals surface area contributed by atoms with E-state index in [0.717, 1.165) is 0 Å². The molecule has 0 nitrogen and oxygen atoms in total. The molecule has 0 aromatic heterocycles. The van der Waals surface area contributed by atoms with Crippen LogP contribution in [0.15, 0.2) is 0 Å². The van der Waals surface area contributed by atoms with Gasteiger partial charge < -0.3 is 0 Å². The first-order valence-electron chi connectivity index (χ1n) is 3.79. The molecule has 1 aliphatic rings. The first kappa shape index (κ1) is 6.55. The van der Waals surface area contributed by atoms with Crippen LogP contribution in [0, 0.1) is 0 Å². The molecule has 0 N–H and O–H groups in total. The summed E-state index contributed by atoms with van der Waals surface area (Å²) in [6.45, 7) is 0. The Labute approximate surface area is 57.9 Å². The fraction of sp³-hybridized carbons (Fsp3) is 1.00. The molecule has 0 amide bonds. The van der Waals surface area contributed by atoms with E-state index in [1.165, 1.54) is 31.6 Å². The van der Waals surface area contributed by atoms with Gasteiger partial charge in [0.15, 0.2) is 0 Å². The zero-order valence-corrected chi connectivity index (χ0v) is 9.98. The van der Waals surface area contributed by atoms with Crippen molar-refractivity contribution in [3.05, 3.63) is 0 Å². The molecule has 2 heteroatoms. The minimum absolute atomic E-state index is 1.19. The smallest absolute Gasteiger partial charge is 0.00672 e. The van der Waals surface area contributed by atoms with Crippen LogP contribution in [-0.2, 0) is 0 Å². The number of hydrogen-bond acceptors (Lipinski definition) is 0. The Hall–Kier alpha value is 0.434. The van der Waals surface area contributed by atoms with E-state index < -0.39 is 0 Å². The van der Waals surface area contributed by atoms with Crippen LogP contribution < -0.4 is 0 Å². The molecular weight excluding hydrogens is 128 g/mol. The molecule has 48 valence electrons. The van der Waals surface area contributed by atoms with Crippen LogP contribution in [0.3, 0.4) is 0 Å².